The molecule has 3 aromatic rings. The van der Waals surface area contributed by atoms with Crippen LogP contribution in [0.3, 0.4) is 0 Å². The monoisotopic (exact) mass is 517 g/mol. The largest absolute Gasteiger partial charge is 0.490 e. The van der Waals surface area contributed by atoms with Crippen molar-refractivity contribution in [1.82, 2.24) is 19.4 Å². The molecule has 2 aliphatic heterocycles. The Morgan fingerprint density at radius 1 is 1.34 bits per heavy atom. The molecule has 1 fully saturated rings. The van der Waals surface area contributed by atoms with Crippen molar-refractivity contribution in [3.05, 3.63) is 77.9 Å². The van der Waals surface area contributed by atoms with Gasteiger partial charge in [-0.25, -0.2) is 23.6 Å². The third-order valence-electron chi connectivity index (χ3n) is 6.46. The normalized spacial score (nSPS) is 19.4. The van der Waals surface area contributed by atoms with Crippen LogP contribution in [0.5, 0.6) is 5.75 Å². The molecule has 3 heterocycles. The zero-order valence-electron chi connectivity index (χ0n) is 20.9. The van der Waals surface area contributed by atoms with E-state index in [-0.39, 0.29) is 41.9 Å². The van der Waals surface area contributed by atoms with Crippen LogP contribution in [0, 0.1) is 28.9 Å². The number of ether oxygens (including phenoxy) is 1. The van der Waals surface area contributed by atoms with E-state index in [1.807, 2.05) is 13.8 Å². The van der Waals surface area contributed by atoms with Gasteiger partial charge in [0, 0.05) is 19.2 Å². The van der Waals surface area contributed by atoms with Crippen LogP contribution in [0.4, 0.5) is 13.6 Å². The molecule has 0 spiro atoms. The zero-order chi connectivity index (χ0) is 27.1. The Kier molecular flexibility index (Phi) is 6.32. The lowest BCUT2D eigenvalue weighted by atomic mass is 9.98. The second kappa shape index (κ2) is 9.63. The molecule has 0 unspecified atom stereocenters. The van der Waals surface area contributed by atoms with Gasteiger partial charge >= 0.3 is 6.03 Å². The van der Waals surface area contributed by atoms with Crippen molar-refractivity contribution in [3.63, 3.8) is 0 Å². The molecule has 0 saturated carbocycles. The quantitative estimate of drug-likeness (QED) is 0.526. The number of nitrogens with two attached hydrogens (primary N) is 1. The average Bonchev–Trinajstić information content (AvgIpc) is 3.43. The second-order valence-corrected chi connectivity index (χ2v) is 9.42. The van der Waals surface area contributed by atoms with Gasteiger partial charge in [-0.05, 0) is 36.2 Å². The molecule has 194 valence electrons. The number of halogens is 2. The fraction of sp³-hybridized carbons (Fsp3) is 0.259. The molecule has 0 radical (unpaired) electrons. The van der Waals surface area contributed by atoms with E-state index in [4.69, 9.17) is 10.5 Å². The molecule has 11 heteroatoms. The Hall–Kier alpha value is -4.72. The summed E-state index contributed by atoms with van der Waals surface area (Å²) >= 11 is 0. The summed E-state index contributed by atoms with van der Waals surface area (Å²) in [4.78, 5) is 25.7. The van der Waals surface area contributed by atoms with Crippen molar-refractivity contribution >= 4 is 28.7 Å². The molecule has 1 aromatic heterocycles. The fourth-order valence-electron chi connectivity index (χ4n) is 4.81. The molecule has 0 aliphatic carbocycles. The number of carbonyl (C=O) groups is 1. The van der Waals surface area contributed by atoms with Crippen LogP contribution >= 0.6 is 0 Å². The van der Waals surface area contributed by atoms with Gasteiger partial charge in [-0.15, -0.1) is 0 Å². The van der Waals surface area contributed by atoms with Gasteiger partial charge in [0.25, 0.3) is 0 Å². The molecule has 38 heavy (non-hydrogen) atoms. The summed E-state index contributed by atoms with van der Waals surface area (Å²) in [5, 5.41) is 9.32. The minimum atomic E-state index is -0.898. The standard InChI is InChI=1S/C27H25F2N7O2/c1-15(2)13-34-23(12-31)26(33-16(3)35-14-32-20-7-4-17(11-30)10-22(20)35)36(27(34)37)21-8-9-38-25-19(29)6-5-18(28)24(21)25/h4-7,10,12,14-15,21H,3,8-9,13,31H2,1-2H3/b23-12+,33-26+/t21-/m1/s1. The number of fused-ring (bicyclic) bond motifs is 2. The van der Waals surface area contributed by atoms with Crippen molar-refractivity contribution in [1.29, 1.82) is 5.26 Å². The molecule has 2 aromatic carbocycles. The molecule has 0 bridgehead atoms. The van der Waals surface area contributed by atoms with Crippen molar-refractivity contribution < 1.29 is 18.3 Å². The van der Waals surface area contributed by atoms with E-state index in [1.165, 1.54) is 22.3 Å². The van der Waals surface area contributed by atoms with E-state index in [0.717, 1.165) is 12.1 Å². The zero-order valence-corrected chi connectivity index (χ0v) is 20.9. The van der Waals surface area contributed by atoms with Crippen molar-refractivity contribution in [3.8, 4) is 11.8 Å². The lowest BCUT2D eigenvalue weighted by molar-refractivity contribution is 0.164. The lowest BCUT2D eigenvalue weighted by Crippen LogP contribution is -2.40. The molecule has 1 saturated heterocycles. The van der Waals surface area contributed by atoms with Gasteiger partial charge < -0.3 is 10.5 Å². The number of urea groups is 1. The maximum Gasteiger partial charge on any atom is 0.330 e. The number of carbonyl (C=O) groups excluding carboxylic acids is 1. The number of nitrogens with zero attached hydrogens (tertiary/aromatic N) is 6. The van der Waals surface area contributed by atoms with Gasteiger partial charge in [0.1, 0.15) is 23.7 Å². The van der Waals surface area contributed by atoms with E-state index < -0.39 is 23.7 Å². The fourth-order valence-corrected chi connectivity index (χ4v) is 4.81. The number of amidine groups is 1. The molecule has 9 nitrogen and oxygen atoms in total. The highest BCUT2D eigenvalue weighted by Gasteiger charge is 2.46. The Bertz CT molecular complexity index is 1570. The van der Waals surface area contributed by atoms with Crippen LogP contribution in [-0.4, -0.2) is 44.4 Å². The second-order valence-electron chi connectivity index (χ2n) is 9.42. The van der Waals surface area contributed by atoms with E-state index in [2.05, 4.69) is 22.6 Å². The van der Waals surface area contributed by atoms with Crippen molar-refractivity contribution in [2.24, 2.45) is 16.6 Å². The smallest absolute Gasteiger partial charge is 0.330 e. The van der Waals surface area contributed by atoms with Crippen molar-refractivity contribution in [2.75, 3.05) is 13.2 Å². The van der Waals surface area contributed by atoms with Gasteiger partial charge in [-0.1, -0.05) is 20.4 Å². The minimum absolute atomic E-state index is 0.0579. The third-order valence-corrected chi connectivity index (χ3v) is 6.46. The Labute approximate surface area is 217 Å². The number of hydrogen-bond donors (Lipinski definition) is 1. The highest BCUT2D eigenvalue weighted by atomic mass is 19.1. The first-order valence-electron chi connectivity index (χ1n) is 12.0. The summed E-state index contributed by atoms with van der Waals surface area (Å²) < 4.78 is 36.7. The number of benzene rings is 2. The molecular weight excluding hydrogens is 492 g/mol. The average molecular weight is 518 g/mol. The summed E-state index contributed by atoms with van der Waals surface area (Å²) in [6.07, 6.45) is 2.99. The summed E-state index contributed by atoms with van der Waals surface area (Å²) in [7, 11) is 0. The van der Waals surface area contributed by atoms with Gasteiger partial charge in [-0.3, -0.25) is 14.4 Å². The molecule has 5 rings (SSSR count). The molecular formula is C27H25F2N7O2. The first-order chi connectivity index (χ1) is 18.2. The number of nitriles is 1. The SMILES string of the molecule is C=C(/N=C1\C(=C/N)N(CC(C)C)C(=O)N1[C@@H]1CCOc2c(F)ccc(F)c21)n1cnc2ccc(C#N)cc21. The van der Waals surface area contributed by atoms with E-state index in [1.54, 1.807) is 22.8 Å². The van der Waals surface area contributed by atoms with E-state index >= 15 is 4.39 Å². The Morgan fingerprint density at radius 3 is 2.82 bits per heavy atom. The third kappa shape index (κ3) is 4.04. The topological polar surface area (TPSA) is 113 Å². The maximum atomic E-state index is 15.1. The van der Waals surface area contributed by atoms with Gasteiger partial charge in [0.2, 0.25) is 0 Å². The van der Waals surface area contributed by atoms with Crippen LogP contribution < -0.4 is 10.5 Å². The number of hydrogen-bond acceptors (Lipinski definition) is 6. The summed E-state index contributed by atoms with van der Waals surface area (Å²) in [6.45, 7) is 8.36. The molecule has 2 N–H and O–H groups in total. The number of imidazole rings is 1. The Balaban J connectivity index is 1.66. The van der Waals surface area contributed by atoms with Crippen molar-refractivity contribution in [2.45, 2.75) is 26.3 Å². The molecule has 2 amide bonds. The van der Waals surface area contributed by atoms with Crippen LogP contribution in [0.25, 0.3) is 16.9 Å². The summed E-state index contributed by atoms with van der Waals surface area (Å²) in [5.41, 5.74) is 7.91. The van der Waals surface area contributed by atoms with E-state index in [9.17, 15) is 14.4 Å². The number of aliphatic imine (C=N–C) groups is 1. The first-order valence-corrected chi connectivity index (χ1v) is 12.0. The first kappa shape index (κ1) is 25.0. The maximum absolute atomic E-state index is 15.1. The van der Waals surface area contributed by atoms with Gasteiger partial charge in [0.05, 0.1) is 40.9 Å². The lowest BCUT2D eigenvalue weighted by Gasteiger charge is -2.33. The van der Waals surface area contributed by atoms with Gasteiger partial charge in [-0.2, -0.15) is 5.26 Å². The number of rotatable bonds is 5. The summed E-state index contributed by atoms with van der Waals surface area (Å²) in [5.74, 6) is -1.22. The van der Waals surface area contributed by atoms with Gasteiger partial charge in [0.15, 0.2) is 17.4 Å². The number of aromatic nitrogens is 2. The number of amides is 2. The predicted octanol–water partition coefficient (Wildman–Crippen LogP) is 4.73. The summed E-state index contributed by atoms with van der Waals surface area (Å²) in [6, 6.07) is 7.76. The van der Waals surface area contributed by atoms with E-state index in [0.29, 0.717) is 28.8 Å². The minimum Gasteiger partial charge on any atom is -0.490 e. The van der Waals surface area contributed by atoms with Crippen LogP contribution in [0.1, 0.15) is 37.4 Å². The van der Waals surface area contributed by atoms with Crippen LogP contribution in [-0.2, 0) is 0 Å². The molecule has 2 aliphatic rings. The van der Waals surface area contributed by atoms with Crippen LogP contribution in [0.2, 0.25) is 0 Å². The highest BCUT2D eigenvalue weighted by molar-refractivity contribution is 6.16. The predicted molar refractivity (Wildman–Crippen MR) is 137 cm³/mol. The Morgan fingerprint density at radius 2 is 2.11 bits per heavy atom. The highest BCUT2D eigenvalue weighted by Crippen LogP contribution is 2.43. The van der Waals surface area contributed by atoms with Crippen LogP contribution in [0.15, 0.2) is 60.1 Å². The molecule has 1 atom stereocenters.